The Bertz CT molecular complexity index is 547. The molecule has 1 aromatic carbocycles. The molecule has 0 aliphatic rings. The summed E-state index contributed by atoms with van der Waals surface area (Å²) in [4.78, 5) is 8.10. The summed E-state index contributed by atoms with van der Waals surface area (Å²) in [6.45, 7) is 6.62. The van der Waals surface area contributed by atoms with E-state index < -0.39 is 0 Å². The van der Waals surface area contributed by atoms with Crippen LogP contribution in [0.15, 0.2) is 42.7 Å². The van der Waals surface area contributed by atoms with Gasteiger partial charge < -0.3 is 14.8 Å². The van der Waals surface area contributed by atoms with Gasteiger partial charge in [0, 0.05) is 25.5 Å². The average Bonchev–Trinajstić information content (AvgIpc) is 2.52. The first-order chi connectivity index (χ1) is 10.7. The topological polar surface area (TPSA) is 56.3 Å². The zero-order valence-electron chi connectivity index (χ0n) is 13.2. The van der Waals surface area contributed by atoms with Crippen LogP contribution >= 0.6 is 0 Å². The molecule has 1 heterocycles. The third kappa shape index (κ3) is 6.20. The van der Waals surface area contributed by atoms with Crippen LogP contribution in [0, 0.1) is 0 Å². The summed E-state index contributed by atoms with van der Waals surface area (Å²) in [7, 11) is 0. The molecule has 0 saturated carbocycles. The number of aromatic nitrogens is 2. The highest BCUT2D eigenvalue weighted by Crippen LogP contribution is 2.18. The molecule has 0 aliphatic heterocycles. The molecular weight excluding hydrogens is 278 g/mol. The van der Waals surface area contributed by atoms with Crippen LogP contribution in [0.25, 0.3) is 0 Å². The molecule has 0 atom stereocenters. The van der Waals surface area contributed by atoms with Crippen molar-refractivity contribution >= 4 is 0 Å². The minimum atomic E-state index is 0.300. The first-order valence-electron chi connectivity index (χ1n) is 7.60. The molecule has 1 aromatic heterocycles. The second-order valence-electron chi connectivity index (χ2n) is 5.23. The maximum absolute atomic E-state index is 5.62. The van der Waals surface area contributed by atoms with Crippen molar-refractivity contribution in [3.8, 4) is 11.8 Å². The standard InChI is InChI=1S/C17H23N3O2/c1-14(2)21-11-5-8-18-13-15-6-3-7-16(12-15)22-17-19-9-4-10-20-17/h3-4,6-7,9-10,12,14,18H,5,8,11,13H2,1-2H3. The Hall–Kier alpha value is -1.98. The van der Waals surface area contributed by atoms with E-state index in [1.165, 1.54) is 5.56 Å². The van der Waals surface area contributed by atoms with E-state index in [2.05, 4.69) is 35.2 Å². The van der Waals surface area contributed by atoms with Gasteiger partial charge in [0.2, 0.25) is 0 Å². The largest absolute Gasteiger partial charge is 0.424 e. The molecular formula is C17H23N3O2. The van der Waals surface area contributed by atoms with E-state index in [1.807, 2.05) is 18.2 Å². The fourth-order valence-corrected chi connectivity index (χ4v) is 1.91. The van der Waals surface area contributed by atoms with Crippen LogP contribution in [-0.2, 0) is 11.3 Å². The summed E-state index contributed by atoms with van der Waals surface area (Å²) in [6.07, 6.45) is 4.63. The lowest BCUT2D eigenvalue weighted by Crippen LogP contribution is -2.17. The maximum atomic E-state index is 5.62. The maximum Gasteiger partial charge on any atom is 0.321 e. The predicted molar refractivity (Wildman–Crippen MR) is 86.0 cm³/mol. The SMILES string of the molecule is CC(C)OCCCNCc1cccc(Oc2ncccn2)c1. The molecule has 0 amide bonds. The van der Waals surface area contributed by atoms with Crippen LogP contribution in [0.2, 0.25) is 0 Å². The van der Waals surface area contributed by atoms with Gasteiger partial charge in [0.25, 0.3) is 0 Å². The summed E-state index contributed by atoms with van der Waals surface area (Å²) in [5.41, 5.74) is 1.17. The van der Waals surface area contributed by atoms with Crippen LogP contribution in [0.4, 0.5) is 0 Å². The van der Waals surface area contributed by atoms with Gasteiger partial charge in [-0.05, 0) is 50.6 Å². The van der Waals surface area contributed by atoms with Gasteiger partial charge in [-0.3, -0.25) is 0 Å². The second kappa shape index (κ2) is 9.12. The van der Waals surface area contributed by atoms with Crippen LogP contribution in [0.3, 0.4) is 0 Å². The molecule has 0 unspecified atom stereocenters. The van der Waals surface area contributed by atoms with Crippen molar-refractivity contribution in [1.82, 2.24) is 15.3 Å². The Morgan fingerprint density at radius 2 is 1.95 bits per heavy atom. The molecule has 2 aromatic rings. The summed E-state index contributed by atoms with van der Waals surface area (Å²) < 4.78 is 11.1. The molecule has 118 valence electrons. The van der Waals surface area contributed by atoms with Gasteiger partial charge in [-0.25, -0.2) is 9.97 Å². The van der Waals surface area contributed by atoms with Gasteiger partial charge in [-0.1, -0.05) is 12.1 Å². The third-order valence-electron chi connectivity index (χ3n) is 2.93. The average molecular weight is 301 g/mol. The molecule has 5 heteroatoms. The number of hydrogen-bond donors (Lipinski definition) is 1. The number of hydrogen-bond acceptors (Lipinski definition) is 5. The number of benzene rings is 1. The van der Waals surface area contributed by atoms with E-state index in [0.29, 0.717) is 12.1 Å². The van der Waals surface area contributed by atoms with Crippen LogP contribution < -0.4 is 10.1 Å². The lowest BCUT2D eigenvalue weighted by molar-refractivity contribution is 0.0770. The lowest BCUT2D eigenvalue weighted by atomic mass is 10.2. The van der Waals surface area contributed by atoms with Gasteiger partial charge in [-0.15, -0.1) is 0 Å². The number of rotatable bonds is 9. The first-order valence-corrected chi connectivity index (χ1v) is 7.60. The van der Waals surface area contributed by atoms with Crippen molar-refractivity contribution < 1.29 is 9.47 Å². The third-order valence-corrected chi connectivity index (χ3v) is 2.93. The molecule has 22 heavy (non-hydrogen) atoms. The zero-order valence-corrected chi connectivity index (χ0v) is 13.2. The Kier molecular flexibility index (Phi) is 6.80. The first kappa shape index (κ1) is 16.4. The van der Waals surface area contributed by atoms with Gasteiger partial charge >= 0.3 is 6.01 Å². The van der Waals surface area contributed by atoms with Gasteiger partial charge in [0.1, 0.15) is 5.75 Å². The van der Waals surface area contributed by atoms with Crippen LogP contribution in [-0.4, -0.2) is 29.2 Å². The Labute approximate surface area is 131 Å². The monoisotopic (exact) mass is 301 g/mol. The molecule has 1 N–H and O–H groups in total. The van der Waals surface area contributed by atoms with Crippen molar-refractivity contribution in [3.63, 3.8) is 0 Å². The molecule has 0 fully saturated rings. The van der Waals surface area contributed by atoms with Crippen molar-refractivity contribution in [2.75, 3.05) is 13.2 Å². The summed E-state index contributed by atoms with van der Waals surface area (Å²) in [6, 6.07) is 10.0. The van der Waals surface area contributed by atoms with E-state index >= 15 is 0 Å². The van der Waals surface area contributed by atoms with Crippen molar-refractivity contribution in [2.45, 2.75) is 32.9 Å². The van der Waals surface area contributed by atoms with Crippen LogP contribution in [0.5, 0.6) is 11.8 Å². The molecule has 0 saturated heterocycles. The predicted octanol–water partition coefficient (Wildman–Crippen LogP) is 3.17. The fraction of sp³-hybridized carbons (Fsp3) is 0.412. The molecule has 0 spiro atoms. The molecule has 5 nitrogen and oxygen atoms in total. The van der Waals surface area contributed by atoms with E-state index in [-0.39, 0.29) is 0 Å². The smallest absolute Gasteiger partial charge is 0.321 e. The van der Waals surface area contributed by atoms with E-state index in [4.69, 9.17) is 9.47 Å². The number of nitrogens with one attached hydrogen (secondary N) is 1. The summed E-state index contributed by atoms with van der Waals surface area (Å²) in [5, 5.41) is 3.40. The van der Waals surface area contributed by atoms with Crippen molar-refractivity contribution in [1.29, 1.82) is 0 Å². The highest BCUT2D eigenvalue weighted by Gasteiger charge is 2.01. The van der Waals surface area contributed by atoms with E-state index in [1.54, 1.807) is 18.5 Å². The minimum Gasteiger partial charge on any atom is -0.424 e. The Balaban J connectivity index is 1.74. The lowest BCUT2D eigenvalue weighted by Gasteiger charge is -2.09. The van der Waals surface area contributed by atoms with Crippen LogP contribution in [0.1, 0.15) is 25.8 Å². The second-order valence-corrected chi connectivity index (χ2v) is 5.23. The van der Waals surface area contributed by atoms with Gasteiger partial charge in [-0.2, -0.15) is 0 Å². The number of ether oxygens (including phenoxy) is 2. The van der Waals surface area contributed by atoms with E-state index in [0.717, 1.165) is 31.9 Å². The quantitative estimate of drug-likeness (QED) is 0.721. The normalized spacial score (nSPS) is 10.9. The minimum absolute atomic E-state index is 0.300. The molecule has 2 rings (SSSR count). The molecule has 0 bridgehead atoms. The summed E-state index contributed by atoms with van der Waals surface area (Å²) in [5.74, 6) is 0.744. The highest BCUT2D eigenvalue weighted by molar-refractivity contribution is 5.30. The highest BCUT2D eigenvalue weighted by atomic mass is 16.5. The van der Waals surface area contributed by atoms with Gasteiger partial charge in [0.15, 0.2) is 0 Å². The fourth-order valence-electron chi connectivity index (χ4n) is 1.91. The molecule has 0 aliphatic carbocycles. The zero-order chi connectivity index (χ0) is 15.6. The Morgan fingerprint density at radius 1 is 1.14 bits per heavy atom. The number of nitrogens with zero attached hydrogens (tertiary/aromatic N) is 2. The van der Waals surface area contributed by atoms with Crippen molar-refractivity contribution in [2.24, 2.45) is 0 Å². The Morgan fingerprint density at radius 3 is 2.73 bits per heavy atom. The van der Waals surface area contributed by atoms with E-state index in [9.17, 15) is 0 Å². The molecule has 0 radical (unpaired) electrons. The summed E-state index contributed by atoms with van der Waals surface area (Å²) >= 11 is 0. The van der Waals surface area contributed by atoms with Crippen molar-refractivity contribution in [3.05, 3.63) is 48.3 Å². The van der Waals surface area contributed by atoms with Gasteiger partial charge in [0.05, 0.1) is 6.10 Å².